The van der Waals surface area contributed by atoms with Gasteiger partial charge in [-0.3, -0.25) is 4.79 Å². The Hall–Kier alpha value is -1.36. The van der Waals surface area contributed by atoms with Gasteiger partial charge in [0.15, 0.2) is 0 Å². The predicted molar refractivity (Wildman–Crippen MR) is 55.2 cm³/mol. The van der Waals surface area contributed by atoms with Gasteiger partial charge in [0.25, 0.3) is 5.56 Å². The summed E-state index contributed by atoms with van der Waals surface area (Å²) in [5.74, 6) is -1.10. The van der Waals surface area contributed by atoms with Gasteiger partial charge in [0.1, 0.15) is 0 Å². The van der Waals surface area contributed by atoms with Gasteiger partial charge in [-0.2, -0.15) is 0 Å². The highest BCUT2D eigenvalue weighted by atomic mass is 79.9. The summed E-state index contributed by atoms with van der Waals surface area (Å²) in [4.78, 5) is 21.9. The molecule has 0 aliphatic rings. The molecule has 1 aromatic rings. The number of pyridine rings is 1. The number of nitrogens with zero attached hydrogens (tertiary/aromatic N) is 1. The molecule has 1 aromatic heterocycles. The maximum absolute atomic E-state index is 11.4. The Morgan fingerprint density at radius 1 is 1.64 bits per heavy atom. The fraction of sp³-hybridized carbons (Fsp3) is 0.111. The summed E-state index contributed by atoms with van der Waals surface area (Å²) >= 11 is 3.06. The van der Waals surface area contributed by atoms with Gasteiger partial charge >= 0.3 is 5.97 Å². The van der Waals surface area contributed by atoms with Crippen molar-refractivity contribution in [3.63, 3.8) is 0 Å². The van der Waals surface area contributed by atoms with Crippen LogP contribution in [0.3, 0.4) is 0 Å². The van der Waals surface area contributed by atoms with Crippen LogP contribution in [0.2, 0.25) is 0 Å². The first-order valence-corrected chi connectivity index (χ1v) is 4.57. The molecule has 0 saturated heterocycles. The van der Waals surface area contributed by atoms with Crippen LogP contribution in [0.1, 0.15) is 0 Å². The van der Waals surface area contributed by atoms with E-state index in [1.165, 1.54) is 10.8 Å². The molecule has 0 fully saturated rings. The first-order chi connectivity index (χ1) is 6.52. The van der Waals surface area contributed by atoms with Gasteiger partial charge in [-0.15, -0.1) is 0 Å². The molecule has 74 valence electrons. The van der Waals surface area contributed by atoms with E-state index in [2.05, 4.69) is 22.5 Å². The molecule has 0 aliphatic heterocycles. The van der Waals surface area contributed by atoms with Gasteiger partial charge < -0.3 is 9.67 Å². The Bertz CT molecular complexity index is 436. The number of hydrogen-bond donors (Lipinski definition) is 1. The van der Waals surface area contributed by atoms with Gasteiger partial charge in [0, 0.05) is 11.8 Å². The van der Waals surface area contributed by atoms with Crippen molar-refractivity contribution < 1.29 is 9.90 Å². The Kier molecular flexibility index (Phi) is 3.24. The summed E-state index contributed by atoms with van der Waals surface area (Å²) in [7, 11) is 0. The molecule has 4 nitrogen and oxygen atoms in total. The number of aliphatic carboxylic acids is 1. The normalized spacial score (nSPS) is 9.79. The van der Waals surface area contributed by atoms with E-state index in [0.717, 1.165) is 0 Å². The smallest absolute Gasteiger partial charge is 0.332 e. The molecule has 0 saturated carbocycles. The molecule has 0 aliphatic carbocycles. The van der Waals surface area contributed by atoms with E-state index in [4.69, 9.17) is 5.11 Å². The monoisotopic (exact) mass is 257 g/mol. The second kappa shape index (κ2) is 4.23. The lowest BCUT2D eigenvalue weighted by Crippen LogP contribution is -2.22. The van der Waals surface area contributed by atoms with E-state index in [-0.39, 0.29) is 17.7 Å². The average Bonchev–Trinajstić information content (AvgIpc) is 2.12. The minimum atomic E-state index is -1.10. The number of aromatic nitrogens is 1. The topological polar surface area (TPSA) is 59.3 Å². The third kappa shape index (κ3) is 2.32. The van der Waals surface area contributed by atoms with E-state index >= 15 is 0 Å². The Labute approximate surface area is 88.6 Å². The lowest BCUT2D eigenvalue weighted by Gasteiger charge is -2.04. The van der Waals surface area contributed by atoms with Crippen LogP contribution in [0.15, 0.2) is 39.7 Å². The molecule has 0 atom stereocenters. The summed E-state index contributed by atoms with van der Waals surface area (Å²) in [5.41, 5.74) is -0.292. The van der Waals surface area contributed by atoms with Crippen LogP contribution in [-0.4, -0.2) is 15.6 Å². The molecule has 0 bridgehead atoms. The van der Waals surface area contributed by atoms with E-state index in [1.54, 1.807) is 12.1 Å². The predicted octanol–water partition coefficient (Wildman–Crippen LogP) is 1.25. The zero-order chi connectivity index (χ0) is 10.7. The zero-order valence-corrected chi connectivity index (χ0v) is 8.82. The van der Waals surface area contributed by atoms with Crippen molar-refractivity contribution in [2.45, 2.75) is 6.54 Å². The van der Waals surface area contributed by atoms with E-state index in [0.29, 0.717) is 4.47 Å². The number of hydrogen-bond acceptors (Lipinski definition) is 2. The molecule has 0 radical (unpaired) electrons. The maximum Gasteiger partial charge on any atom is 0.332 e. The largest absolute Gasteiger partial charge is 0.478 e. The fourth-order valence-corrected chi connectivity index (χ4v) is 1.29. The van der Waals surface area contributed by atoms with E-state index in [1.807, 2.05) is 0 Å². The lowest BCUT2D eigenvalue weighted by molar-refractivity contribution is -0.132. The number of carboxylic acid groups (broad SMARTS) is 1. The zero-order valence-electron chi connectivity index (χ0n) is 7.24. The van der Waals surface area contributed by atoms with Gasteiger partial charge in [-0.1, -0.05) is 6.58 Å². The second-order valence-corrected chi connectivity index (χ2v) is 3.55. The summed E-state index contributed by atoms with van der Waals surface area (Å²) < 4.78 is 1.68. The second-order valence-electron chi connectivity index (χ2n) is 2.70. The first kappa shape index (κ1) is 10.7. The van der Waals surface area contributed by atoms with Crippen molar-refractivity contribution >= 4 is 21.9 Å². The first-order valence-electron chi connectivity index (χ1n) is 3.78. The van der Waals surface area contributed by atoms with Crippen LogP contribution in [0.25, 0.3) is 0 Å². The summed E-state index contributed by atoms with van der Waals surface area (Å²) in [6, 6.07) is 3.25. The minimum absolute atomic E-state index is 0.00634. The number of halogens is 1. The third-order valence-corrected chi connectivity index (χ3v) is 2.24. The van der Waals surface area contributed by atoms with Gasteiger partial charge in [-0.05, 0) is 28.1 Å². The van der Waals surface area contributed by atoms with Crippen LogP contribution >= 0.6 is 15.9 Å². The molecule has 0 spiro atoms. The van der Waals surface area contributed by atoms with Crippen LogP contribution in [-0.2, 0) is 11.3 Å². The van der Waals surface area contributed by atoms with E-state index in [9.17, 15) is 9.59 Å². The fourth-order valence-electron chi connectivity index (χ4n) is 0.905. The highest BCUT2D eigenvalue weighted by Gasteiger charge is 2.06. The Morgan fingerprint density at radius 3 is 2.86 bits per heavy atom. The van der Waals surface area contributed by atoms with Gasteiger partial charge in [0.2, 0.25) is 0 Å². The number of carbonyl (C=O) groups is 1. The Morgan fingerprint density at radius 2 is 2.29 bits per heavy atom. The van der Waals surface area contributed by atoms with Crippen molar-refractivity contribution in [3.05, 3.63) is 45.3 Å². The molecule has 0 unspecified atom stereocenters. The van der Waals surface area contributed by atoms with E-state index < -0.39 is 5.97 Å². The molecular formula is C9H8BrNO3. The summed E-state index contributed by atoms with van der Waals surface area (Å²) in [6.07, 6.45) is 1.52. The maximum atomic E-state index is 11.4. The van der Waals surface area contributed by atoms with Gasteiger partial charge in [0.05, 0.1) is 11.0 Å². The molecule has 1 heterocycles. The average molecular weight is 258 g/mol. The standard InChI is InChI=1S/C9H8BrNO3/c1-6(9(13)14)5-11-4-2-3-7(10)8(11)12/h2-4H,1,5H2,(H,13,14). The lowest BCUT2D eigenvalue weighted by atomic mass is 10.3. The molecule has 0 aromatic carbocycles. The molecular weight excluding hydrogens is 250 g/mol. The summed E-state index contributed by atoms with van der Waals surface area (Å²) in [5, 5.41) is 8.58. The summed E-state index contributed by atoms with van der Waals surface area (Å²) in [6.45, 7) is 3.34. The van der Waals surface area contributed by atoms with Crippen LogP contribution in [0.4, 0.5) is 0 Å². The number of rotatable bonds is 3. The third-order valence-electron chi connectivity index (χ3n) is 1.64. The minimum Gasteiger partial charge on any atom is -0.478 e. The molecule has 1 N–H and O–H groups in total. The highest BCUT2D eigenvalue weighted by molar-refractivity contribution is 9.10. The molecule has 5 heteroatoms. The van der Waals surface area contributed by atoms with Crippen LogP contribution in [0, 0.1) is 0 Å². The van der Waals surface area contributed by atoms with Crippen molar-refractivity contribution in [2.75, 3.05) is 0 Å². The van der Waals surface area contributed by atoms with Crippen molar-refractivity contribution in [3.8, 4) is 0 Å². The quantitative estimate of drug-likeness (QED) is 0.830. The SMILES string of the molecule is C=C(Cn1cccc(Br)c1=O)C(=O)O. The molecule has 1 rings (SSSR count). The Balaban J connectivity index is 2.99. The highest BCUT2D eigenvalue weighted by Crippen LogP contribution is 2.02. The van der Waals surface area contributed by atoms with Crippen molar-refractivity contribution in [2.24, 2.45) is 0 Å². The van der Waals surface area contributed by atoms with Crippen molar-refractivity contribution in [1.82, 2.24) is 4.57 Å². The molecule has 14 heavy (non-hydrogen) atoms. The van der Waals surface area contributed by atoms with Crippen LogP contribution < -0.4 is 5.56 Å². The van der Waals surface area contributed by atoms with Crippen LogP contribution in [0.5, 0.6) is 0 Å². The molecule has 0 amide bonds. The van der Waals surface area contributed by atoms with Gasteiger partial charge in [-0.25, -0.2) is 4.79 Å². The van der Waals surface area contributed by atoms with Crippen molar-refractivity contribution in [1.29, 1.82) is 0 Å². The number of carboxylic acids is 1.